The number of carbonyl (C=O) groups excluding carboxylic acids is 3. The van der Waals surface area contributed by atoms with Crippen molar-refractivity contribution in [3.63, 3.8) is 0 Å². The van der Waals surface area contributed by atoms with Gasteiger partial charge in [-0.2, -0.15) is 5.10 Å². The second-order valence-electron chi connectivity index (χ2n) is 15.3. The van der Waals surface area contributed by atoms with Gasteiger partial charge < -0.3 is 19.9 Å². The van der Waals surface area contributed by atoms with Crippen LogP contribution in [0.5, 0.6) is 5.75 Å². The molecule has 1 saturated carbocycles. The maximum atomic E-state index is 13.4. The van der Waals surface area contributed by atoms with Crippen LogP contribution in [0.25, 0.3) is 21.9 Å². The van der Waals surface area contributed by atoms with Crippen molar-refractivity contribution in [3.05, 3.63) is 81.9 Å². The van der Waals surface area contributed by atoms with Gasteiger partial charge in [-0.3, -0.25) is 33.5 Å². The lowest BCUT2D eigenvalue weighted by molar-refractivity contribution is -0.135. The van der Waals surface area contributed by atoms with Crippen molar-refractivity contribution in [2.75, 3.05) is 44.0 Å². The van der Waals surface area contributed by atoms with E-state index in [-0.39, 0.29) is 23.9 Å². The van der Waals surface area contributed by atoms with Crippen LogP contribution in [0.4, 0.5) is 11.4 Å². The second-order valence-corrected chi connectivity index (χ2v) is 15.8. The molecule has 4 heterocycles. The first-order chi connectivity index (χ1) is 26.6. The quantitative estimate of drug-likeness (QED) is 0.177. The van der Waals surface area contributed by atoms with E-state index in [2.05, 4.69) is 44.4 Å². The van der Waals surface area contributed by atoms with Crippen molar-refractivity contribution >= 4 is 62.6 Å². The Morgan fingerprint density at radius 1 is 1.00 bits per heavy atom. The minimum absolute atomic E-state index is 0.218. The van der Waals surface area contributed by atoms with E-state index in [1.165, 1.54) is 0 Å². The number of carbonyl (C=O) groups is 3. The van der Waals surface area contributed by atoms with E-state index in [4.69, 9.17) is 21.4 Å². The van der Waals surface area contributed by atoms with Gasteiger partial charge in [-0.15, -0.1) is 0 Å². The summed E-state index contributed by atoms with van der Waals surface area (Å²) < 4.78 is 10.9. The van der Waals surface area contributed by atoms with Gasteiger partial charge in [0, 0.05) is 67.4 Å². The summed E-state index contributed by atoms with van der Waals surface area (Å²) in [4.78, 5) is 55.8. The van der Waals surface area contributed by atoms with Gasteiger partial charge >= 0.3 is 5.69 Å². The van der Waals surface area contributed by atoms with Crippen molar-refractivity contribution < 1.29 is 19.1 Å². The number of anilines is 2. The van der Waals surface area contributed by atoms with Crippen LogP contribution in [0.3, 0.4) is 0 Å². The van der Waals surface area contributed by atoms with Crippen LogP contribution in [-0.2, 0) is 16.6 Å². The van der Waals surface area contributed by atoms with Gasteiger partial charge in [0.15, 0.2) is 0 Å². The molecule has 3 fully saturated rings. The lowest BCUT2D eigenvalue weighted by atomic mass is 9.85. The molecule has 14 heteroatoms. The summed E-state index contributed by atoms with van der Waals surface area (Å²) >= 11 is 6.10. The summed E-state index contributed by atoms with van der Waals surface area (Å²) in [6.45, 7) is 2.81. The SMILES string of the molecule is COc1cc2nn(C3CCC(CN(C)C4CCN(c5cccc6c5n(C)c(=O)n6C5CCC(=O)NC5=O)CC4)CC3)cc2cc1NC(=O)c1cccc(Cl)c1. The maximum absolute atomic E-state index is 13.4. The number of piperidine rings is 2. The molecular weight excluding hydrogens is 720 g/mol. The number of amides is 3. The Kier molecular flexibility index (Phi) is 10.2. The summed E-state index contributed by atoms with van der Waals surface area (Å²) in [5, 5.41) is 11.7. The molecule has 2 aromatic heterocycles. The predicted octanol–water partition coefficient (Wildman–Crippen LogP) is 5.91. The number of aromatic nitrogens is 4. The molecule has 288 valence electrons. The van der Waals surface area contributed by atoms with Crippen LogP contribution >= 0.6 is 11.6 Å². The molecule has 3 aliphatic rings. The Labute approximate surface area is 324 Å². The third-order valence-electron chi connectivity index (χ3n) is 11.9. The van der Waals surface area contributed by atoms with Crippen LogP contribution in [0, 0.1) is 5.92 Å². The van der Waals surface area contributed by atoms with E-state index >= 15 is 0 Å². The Hall–Kier alpha value is -5.14. The van der Waals surface area contributed by atoms with Gasteiger partial charge in [0.05, 0.1) is 41.1 Å². The highest BCUT2D eigenvalue weighted by Crippen LogP contribution is 2.37. The molecule has 5 aromatic rings. The molecule has 2 aliphatic heterocycles. The number of fused-ring (bicyclic) bond motifs is 2. The van der Waals surface area contributed by atoms with Crippen LogP contribution in [0.2, 0.25) is 5.02 Å². The minimum atomic E-state index is -0.697. The maximum Gasteiger partial charge on any atom is 0.329 e. The summed E-state index contributed by atoms with van der Waals surface area (Å²) in [5.41, 5.74) is 4.20. The molecule has 2 saturated heterocycles. The molecule has 8 rings (SSSR count). The number of benzene rings is 3. The van der Waals surface area contributed by atoms with Crippen molar-refractivity contribution in [2.45, 2.75) is 69.5 Å². The molecule has 2 N–H and O–H groups in total. The smallest absolute Gasteiger partial charge is 0.329 e. The molecule has 1 aliphatic carbocycles. The number of aryl methyl sites for hydroxylation is 1. The molecule has 0 radical (unpaired) electrons. The molecule has 3 aromatic carbocycles. The number of methoxy groups -OCH3 is 1. The van der Waals surface area contributed by atoms with Gasteiger partial charge in [-0.1, -0.05) is 23.7 Å². The molecular formula is C41H47ClN8O5. The highest BCUT2D eigenvalue weighted by atomic mass is 35.5. The number of para-hydroxylation sites is 1. The number of nitrogens with one attached hydrogen (secondary N) is 2. The molecule has 1 atom stereocenters. The Bertz CT molecular complexity index is 2330. The zero-order valence-corrected chi connectivity index (χ0v) is 32.2. The predicted molar refractivity (Wildman–Crippen MR) is 213 cm³/mol. The first kappa shape index (κ1) is 36.8. The zero-order valence-electron chi connectivity index (χ0n) is 31.5. The summed E-state index contributed by atoms with van der Waals surface area (Å²) in [7, 11) is 5.61. The van der Waals surface area contributed by atoms with Crippen LogP contribution in [-0.4, -0.2) is 81.4 Å². The number of ether oxygens (including phenoxy) is 1. The van der Waals surface area contributed by atoms with E-state index in [0.717, 1.165) is 85.8 Å². The van der Waals surface area contributed by atoms with Crippen molar-refractivity contribution in [3.8, 4) is 5.75 Å². The normalized spacial score (nSPS) is 21.0. The fourth-order valence-corrected chi connectivity index (χ4v) is 9.14. The highest BCUT2D eigenvalue weighted by molar-refractivity contribution is 6.31. The number of rotatable bonds is 9. The Balaban J connectivity index is 0.867. The van der Waals surface area contributed by atoms with Gasteiger partial charge in [0.1, 0.15) is 11.8 Å². The van der Waals surface area contributed by atoms with Gasteiger partial charge in [0.2, 0.25) is 11.8 Å². The summed E-state index contributed by atoms with van der Waals surface area (Å²) in [6, 6.07) is 16.7. The lowest BCUT2D eigenvalue weighted by Gasteiger charge is -2.40. The fraction of sp³-hybridized carbons (Fsp3) is 0.439. The summed E-state index contributed by atoms with van der Waals surface area (Å²) in [6.07, 6.45) is 9.04. The van der Waals surface area contributed by atoms with Crippen molar-refractivity contribution in [1.29, 1.82) is 0 Å². The molecule has 3 amide bonds. The third kappa shape index (κ3) is 7.22. The molecule has 0 bridgehead atoms. The van der Waals surface area contributed by atoms with E-state index < -0.39 is 11.9 Å². The minimum Gasteiger partial charge on any atom is -0.494 e. The molecule has 0 spiro atoms. The van der Waals surface area contributed by atoms with E-state index in [0.29, 0.717) is 46.4 Å². The third-order valence-corrected chi connectivity index (χ3v) is 12.2. The molecule has 1 unspecified atom stereocenters. The Morgan fingerprint density at radius 2 is 1.76 bits per heavy atom. The largest absolute Gasteiger partial charge is 0.494 e. The van der Waals surface area contributed by atoms with E-state index in [9.17, 15) is 19.2 Å². The van der Waals surface area contributed by atoms with Crippen molar-refractivity contribution in [1.82, 2.24) is 29.1 Å². The van der Waals surface area contributed by atoms with Crippen LogP contribution < -0.4 is 26.0 Å². The highest BCUT2D eigenvalue weighted by Gasteiger charge is 2.33. The number of nitrogens with zero attached hydrogens (tertiary/aromatic N) is 6. The standard InChI is InChI=1S/C41H47ClN8O5/c1-46(29-16-18-48(19-17-29)33-8-5-9-34-38(33)47(2)41(54)50(34)35-14-15-37(51)44-40(35)53)23-25-10-12-30(13-11-25)49-24-27-21-32(36(55-3)22-31(27)45-49)43-39(52)26-6-4-7-28(42)20-26/h4-9,20-22,24-25,29-30,35H,10-19,23H2,1-3H3,(H,43,52)(H,44,51,53). The number of imide groups is 1. The topological polar surface area (TPSA) is 136 Å². The van der Waals surface area contributed by atoms with Crippen molar-refractivity contribution in [2.24, 2.45) is 13.0 Å². The zero-order chi connectivity index (χ0) is 38.4. The van der Waals surface area contributed by atoms with Gasteiger partial charge in [0.25, 0.3) is 5.91 Å². The number of hydrogen-bond donors (Lipinski definition) is 2. The summed E-state index contributed by atoms with van der Waals surface area (Å²) in [5.74, 6) is 0.199. The van der Waals surface area contributed by atoms with Crippen LogP contribution in [0.15, 0.2) is 65.6 Å². The number of halogens is 1. The first-order valence-electron chi connectivity index (χ1n) is 19.2. The van der Waals surface area contributed by atoms with E-state index in [1.807, 2.05) is 24.3 Å². The second kappa shape index (κ2) is 15.2. The Morgan fingerprint density at radius 3 is 2.49 bits per heavy atom. The number of hydrogen-bond acceptors (Lipinski definition) is 8. The van der Waals surface area contributed by atoms with Gasteiger partial charge in [-0.05, 0) is 94.3 Å². The first-order valence-corrected chi connectivity index (χ1v) is 19.6. The molecule has 13 nitrogen and oxygen atoms in total. The molecule has 55 heavy (non-hydrogen) atoms. The monoisotopic (exact) mass is 766 g/mol. The fourth-order valence-electron chi connectivity index (χ4n) is 8.95. The average molecular weight is 767 g/mol. The lowest BCUT2D eigenvalue weighted by Crippen LogP contribution is -2.45. The average Bonchev–Trinajstić information content (AvgIpc) is 3.72. The van der Waals surface area contributed by atoms with Crippen LogP contribution in [0.1, 0.15) is 73.8 Å². The van der Waals surface area contributed by atoms with E-state index in [1.54, 1.807) is 47.6 Å². The number of imidazole rings is 1. The van der Waals surface area contributed by atoms with Gasteiger partial charge in [-0.25, -0.2) is 4.79 Å².